The summed E-state index contributed by atoms with van der Waals surface area (Å²) in [5.74, 6) is 0. The van der Waals surface area contributed by atoms with Gasteiger partial charge in [-0.25, -0.2) is 4.98 Å². The van der Waals surface area contributed by atoms with Gasteiger partial charge < -0.3 is 5.73 Å². The number of hydrogen-bond donors (Lipinski definition) is 1. The maximum absolute atomic E-state index is 6.26. The summed E-state index contributed by atoms with van der Waals surface area (Å²) in [6.07, 6.45) is 0. The Labute approximate surface area is 97.8 Å². The highest BCUT2D eigenvalue weighted by molar-refractivity contribution is 7.12. The highest BCUT2D eigenvalue weighted by Crippen LogP contribution is 2.32. The van der Waals surface area contributed by atoms with E-state index in [1.54, 1.807) is 22.7 Å². The standard InChI is InChI=1S/C11H14N2S2/c1-6-4-5-14-10(6)9(12)11-7(2)13-8(3)15-11/h4-5,9H,12H2,1-3H3. The van der Waals surface area contributed by atoms with Crippen molar-refractivity contribution in [1.82, 2.24) is 4.98 Å². The smallest absolute Gasteiger partial charge is 0.0900 e. The maximum atomic E-state index is 6.26. The molecule has 0 bridgehead atoms. The molecule has 4 heteroatoms. The van der Waals surface area contributed by atoms with Crippen LogP contribution in [0, 0.1) is 20.8 Å². The lowest BCUT2D eigenvalue weighted by atomic mass is 10.1. The lowest BCUT2D eigenvalue weighted by Crippen LogP contribution is -2.10. The first-order valence-corrected chi connectivity index (χ1v) is 6.52. The molecule has 80 valence electrons. The van der Waals surface area contributed by atoms with Crippen molar-refractivity contribution in [2.75, 3.05) is 0 Å². The molecule has 0 amide bonds. The van der Waals surface area contributed by atoms with E-state index in [2.05, 4.69) is 23.4 Å². The van der Waals surface area contributed by atoms with E-state index in [-0.39, 0.29) is 6.04 Å². The fourth-order valence-corrected chi connectivity index (χ4v) is 3.61. The van der Waals surface area contributed by atoms with Crippen molar-refractivity contribution in [2.45, 2.75) is 26.8 Å². The normalized spacial score (nSPS) is 13.1. The number of aromatic nitrogens is 1. The topological polar surface area (TPSA) is 38.9 Å². The van der Waals surface area contributed by atoms with Crippen LogP contribution in [-0.2, 0) is 0 Å². The van der Waals surface area contributed by atoms with Crippen molar-refractivity contribution in [3.8, 4) is 0 Å². The van der Waals surface area contributed by atoms with Gasteiger partial charge in [0.1, 0.15) is 0 Å². The van der Waals surface area contributed by atoms with Gasteiger partial charge in [-0.05, 0) is 37.8 Å². The number of nitrogens with two attached hydrogens (primary N) is 1. The zero-order valence-electron chi connectivity index (χ0n) is 9.07. The molecule has 2 aromatic heterocycles. The van der Waals surface area contributed by atoms with E-state index in [0.717, 1.165) is 10.7 Å². The Morgan fingerprint density at radius 3 is 2.47 bits per heavy atom. The molecule has 2 N–H and O–H groups in total. The molecule has 0 aliphatic rings. The molecule has 0 saturated heterocycles. The highest BCUT2D eigenvalue weighted by atomic mass is 32.1. The second kappa shape index (κ2) is 4.04. The van der Waals surface area contributed by atoms with E-state index in [1.807, 2.05) is 13.8 Å². The minimum atomic E-state index is -0.00352. The van der Waals surface area contributed by atoms with Gasteiger partial charge in [0.05, 0.1) is 16.7 Å². The predicted octanol–water partition coefficient (Wildman–Crippen LogP) is 3.18. The molecule has 0 spiro atoms. The van der Waals surface area contributed by atoms with Gasteiger partial charge in [0.25, 0.3) is 0 Å². The Balaban J connectivity index is 2.40. The van der Waals surface area contributed by atoms with Crippen molar-refractivity contribution in [1.29, 1.82) is 0 Å². The molecule has 0 aliphatic carbocycles. The summed E-state index contributed by atoms with van der Waals surface area (Å²) in [5.41, 5.74) is 8.60. The average molecular weight is 238 g/mol. The SMILES string of the molecule is Cc1nc(C)c(C(N)c2sccc2C)s1. The van der Waals surface area contributed by atoms with Gasteiger partial charge in [-0.2, -0.15) is 0 Å². The molecule has 0 aliphatic heterocycles. The van der Waals surface area contributed by atoms with Gasteiger partial charge in [0, 0.05) is 9.75 Å². The van der Waals surface area contributed by atoms with Crippen LogP contribution in [0.3, 0.4) is 0 Å². The van der Waals surface area contributed by atoms with Crippen LogP contribution in [0.2, 0.25) is 0 Å². The Kier molecular flexibility index (Phi) is 2.91. The predicted molar refractivity (Wildman–Crippen MR) is 66.7 cm³/mol. The molecule has 1 unspecified atom stereocenters. The third-order valence-electron chi connectivity index (χ3n) is 2.41. The fourth-order valence-electron chi connectivity index (χ4n) is 1.66. The largest absolute Gasteiger partial charge is 0.319 e. The molecule has 2 rings (SSSR count). The molecular weight excluding hydrogens is 224 g/mol. The molecule has 1 atom stereocenters. The van der Waals surface area contributed by atoms with Gasteiger partial charge in [-0.1, -0.05) is 0 Å². The zero-order chi connectivity index (χ0) is 11.0. The van der Waals surface area contributed by atoms with E-state index in [4.69, 9.17) is 5.73 Å². The summed E-state index contributed by atoms with van der Waals surface area (Å²) in [7, 11) is 0. The third-order valence-corrected chi connectivity index (χ3v) is 4.66. The number of thiophene rings is 1. The molecular formula is C11H14N2S2. The van der Waals surface area contributed by atoms with Crippen molar-refractivity contribution in [2.24, 2.45) is 5.73 Å². The Morgan fingerprint density at radius 1 is 1.27 bits per heavy atom. The first-order valence-electron chi connectivity index (χ1n) is 4.83. The van der Waals surface area contributed by atoms with Crippen molar-refractivity contribution < 1.29 is 0 Å². The third kappa shape index (κ3) is 1.97. The van der Waals surface area contributed by atoms with Crippen molar-refractivity contribution >= 4 is 22.7 Å². The molecule has 0 saturated carbocycles. The summed E-state index contributed by atoms with van der Waals surface area (Å²) in [4.78, 5) is 6.86. The van der Waals surface area contributed by atoms with Gasteiger partial charge in [-0.3, -0.25) is 0 Å². The quantitative estimate of drug-likeness (QED) is 0.872. The zero-order valence-corrected chi connectivity index (χ0v) is 10.7. The highest BCUT2D eigenvalue weighted by Gasteiger charge is 2.17. The molecule has 0 fully saturated rings. The van der Waals surface area contributed by atoms with E-state index < -0.39 is 0 Å². The number of aryl methyl sites for hydroxylation is 3. The van der Waals surface area contributed by atoms with Gasteiger partial charge in [0.15, 0.2) is 0 Å². The second-order valence-electron chi connectivity index (χ2n) is 3.63. The summed E-state index contributed by atoms with van der Waals surface area (Å²) in [6, 6.07) is 2.11. The van der Waals surface area contributed by atoms with Gasteiger partial charge in [-0.15, -0.1) is 22.7 Å². The summed E-state index contributed by atoms with van der Waals surface area (Å²) in [5, 5.41) is 3.18. The van der Waals surface area contributed by atoms with Crippen LogP contribution in [-0.4, -0.2) is 4.98 Å². The summed E-state index contributed by atoms with van der Waals surface area (Å²) >= 11 is 3.42. The number of hydrogen-bond acceptors (Lipinski definition) is 4. The minimum Gasteiger partial charge on any atom is -0.319 e. The number of thiazole rings is 1. The monoisotopic (exact) mass is 238 g/mol. The first kappa shape index (κ1) is 10.8. The van der Waals surface area contributed by atoms with Crippen LogP contribution >= 0.6 is 22.7 Å². The number of nitrogens with zero attached hydrogens (tertiary/aromatic N) is 1. The van der Waals surface area contributed by atoms with Crippen LogP contribution in [0.15, 0.2) is 11.4 Å². The fraction of sp³-hybridized carbons (Fsp3) is 0.364. The maximum Gasteiger partial charge on any atom is 0.0900 e. The second-order valence-corrected chi connectivity index (χ2v) is 5.81. The van der Waals surface area contributed by atoms with Crippen LogP contribution in [0.1, 0.15) is 32.1 Å². The molecule has 2 heterocycles. The van der Waals surface area contributed by atoms with Crippen LogP contribution in [0.4, 0.5) is 0 Å². The minimum absolute atomic E-state index is 0.00352. The molecule has 2 aromatic rings. The van der Waals surface area contributed by atoms with Crippen LogP contribution in [0.25, 0.3) is 0 Å². The summed E-state index contributed by atoms with van der Waals surface area (Å²) in [6.45, 7) is 6.16. The Hall–Kier alpha value is -0.710. The lowest BCUT2D eigenvalue weighted by molar-refractivity contribution is 0.890. The first-order chi connectivity index (χ1) is 7.09. The molecule has 2 nitrogen and oxygen atoms in total. The molecule has 0 radical (unpaired) electrons. The Morgan fingerprint density at radius 2 is 2.00 bits per heavy atom. The molecule has 0 aromatic carbocycles. The van der Waals surface area contributed by atoms with Crippen LogP contribution in [0.5, 0.6) is 0 Å². The van der Waals surface area contributed by atoms with Crippen molar-refractivity contribution in [3.63, 3.8) is 0 Å². The summed E-state index contributed by atoms with van der Waals surface area (Å²) < 4.78 is 0. The van der Waals surface area contributed by atoms with E-state index in [1.165, 1.54) is 15.3 Å². The number of rotatable bonds is 2. The van der Waals surface area contributed by atoms with Crippen LogP contribution < -0.4 is 5.73 Å². The van der Waals surface area contributed by atoms with E-state index >= 15 is 0 Å². The van der Waals surface area contributed by atoms with Gasteiger partial charge >= 0.3 is 0 Å². The van der Waals surface area contributed by atoms with E-state index in [9.17, 15) is 0 Å². The van der Waals surface area contributed by atoms with Gasteiger partial charge in [0.2, 0.25) is 0 Å². The average Bonchev–Trinajstić information content (AvgIpc) is 2.71. The van der Waals surface area contributed by atoms with Crippen molar-refractivity contribution in [3.05, 3.63) is 37.5 Å². The van der Waals surface area contributed by atoms with E-state index in [0.29, 0.717) is 0 Å². The Bertz CT molecular complexity index is 471. The lowest BCUT2D eigenvalue weighted by Gasteiger charge is -2.09. The molecule has 15 heavy (non-hydrogen) atoms.